The Balaban J connectivity index is 1.83. The number of aromatic nitrogens is 2. The third kappa shape index (κ3) is 3.52. The molecule has 24 heavy (non-hydrogen) atoms. The molecule has 0 unspecified atom stereocenters. The van der Waals surface area contributed by atoms with Gasteiger partial charge < -0.3 is 5.32 Å². The van der Waals surface area contributed by atoms with Gasteiger partial charge in [-0.1, -0.05) is 6.07 Å². The van der Waals surface area contributed by atoms with Crippen molar-refractivity contribution < 1.29 is 13.2 Å². The number of alkyl halides is 3. The number of anilines is 2. The maximum atomic E-state index is 12.7. The van der Waals surface area contributed by atoms with E-state index in [2.05, 4.69) is 15.3 Å². The van der Waals surface area contributed by atoms with Crippen LogP contribution in [0.25, 0.3) is 11.3 Å². The Morgan fingerprint density at radius 3 is 2.75 bits per heavy atom. The zero-order valence-electron chi connectivity index (χ0n) is 12.0. The van der Waals surface area contributed by atoms with Crippen molar-refractivity contribution in [1.29, 1.82) is 5.26 Å². The van der Waals surface area contributed by atoms with Gasteiger partial charge in [0, 0.05) is 29.0 Å². The van der Waals surface area contributed by atoms with E-state index in [1.165, 1.54) is 29.7 Å². The van der Waals surface area contributed by atoms with Gasteiger partial charge in [-0.2, -0.15) is 18.4 Å². The van der Waals surface area contributed by atoms with E-state index >= 15 is 0 Å². The average molecular weight is 346 g/mol. The summed E-state index contributed by atoms with van der Waals surface area (Å²) in [5, 5.41) is 13.9. The van der Waals surface area contributed by atoms with Gasteiger partial charge in [0.1, 0.15) is 6.07 Å². The van der Waals surface area contributed by atoms with E-state index in [1.54, 1.807) is 17.6 Å². The second-order valence-electron chi connectivity index (χ2n) is 4.82. The number of thiazole rings is 1. The summed E-state index contributed by atoms with van der Waals surface area (Å²) in [6.07, 6.45) is -1.38. The van der Waals surface area contributed by atoms with Crippen molar-refractivity contribution >= 4 is 22.2 Å². The summed E-state index contributed by atoms with van der Waals surface area (Å²) in [7, 11) is 0. The molecule has 0 aliphatic heterocycles. The second kappa shape index (κ2) is 6.29. The molecule has 0 aliphatic carbocycles. The highest BCUT2D eigenvalue weighted by molar-refractivity contribution is 7.14. The molecular weight excluding hydrogens is 337 g/mol. The Kier molecular flexibility index (Phi) is 4.18. The highest BCUT2D eigenvalue weighted by atomic mass is 32.1. The molecule has 2 aromatic heterocycles. The minimum atomic E-state index is -4.39. The van der Waals surface area contributed by atoms with Crippen molar-refractivity contribution in [1.82, 2.24) is 9.97 Å². The first-order chi connectivity index (χ1) is 11.5. The van der Waals surface area contributed by atoms with E-state index in [0.717, 1.165) is 12.1 Å². The Bertz CT molecular complexity index is 912. The SMILES string of the molecule is N#Cc1cncc(-c2csc(Nc3cccc(C(F)(F)F)c3)n2)c1. The minimum absolute atomic E-state index is 0.301. The third-order valence-corrected chi connectivity index (χ3v) is 3.87. The van der Waals surface area contributed by atoms with Crippen LogP contribution in [0.1, 0.15) is 11.1 Å². The summed E-state index contributed by atoms with van der Waals surface area (Å²) >= 11 is 1.25. The second-order valence-corrected chi connectivity index (χ2v) is 5.67. The lowest BCUT2D eigenvalue weighted by Gasteiger charge is -2.08. The van der Waals surface area contributed by atoms with E-state index in [9.17, 15) is 13.2 Å². The van der Waals surface area contributed by atoms with Crippen LogP contribution in [0.4, 0.5) is 24.0 Å². The maximum absolute atomic E-state index is 12.7. The van der Waals surface area contributed by atoms with Crippen LogP contribution in [0.15, 0.2) is 48.1 Å². The smallest absolute Gasteiger partial charge is 0.332 e. The van der Waals surface area contributed by atoms with Crippen LogP contribution in [0.3, 0.4) is 0 Å². The standard InChI is InChI=1S/C16H9F3N4S/c17-16(18,19)12-2-1-3-13(5-12)22-15-23-14(9-24-15)11-4-10(6-20)7-21-8-11/h1-5,7-9H,(H,22,23). The van der Waals surface area contributed by atoms with Crippen LogP contribution in [-0.4, -0.2) is 9.97 Å². The molecule has 1 N–H and O–H groups in total. The largest absolute Gasteiger partial charge is 0.416 e. The topological polar surface area (TPSA) is 61.6 Å². The first-order valence-corrected chi connectivity index (χ1v) is 7.59. The van der Waals surface area contributed by atoms with Crippen LogP contribution in [0.2, 0.25) is 0 Å². The molecule has 0 atom stereocenters. The first-order valence-electron chi connectivity index (χ1n) is 6.71. The number of halogens is 3. The third-order valence-electron chi connectivity index (χ3n) is 3.11. The summed E-state index contributed by atoms with van der Waals surface area (Å²) in [6.45, 7) is 0. The summed E-state index contributed by atoms with van der Waals surface area (Å²) in [4.78, 5) is 8.28. The fourth-order valence-electron chi connectivity index (χ4n) is 2.00. The molecule has 0 bridgehead atoms. The van der Waals surface area contributed by atoms with Gasteiger partial charge >= 0.3 is 6.18 Å². The molecule has 3 rings (SSSR count). The number of hydrogen-bond donors (Lipinski definition) is 1. The molecule has 0 fully saturated rings. The lowest BCUT2D eigenvalue weighted by Crippen LogP contribution is -2.05. The Morgan fingerprint density at radius 1 is 1.17 bits per heavy atom. The molecule has 0 amide bonds. The lowest BCUT2D eigenvalue weighted by atomic mass is 10.2. The van der Waals surface area contributed by atoms with Gasteiger partial charge in [-0.15, -0.1) is 11.3 Å². The first kappa shape index (κ1) is 16.0. The predicted octanol–water partition coefficient (Wildman–Crippen LogP) is 4.84. The summed E-state index contributed by atoms with van der Waals surface area (Å²) < 4.78 is 38.2. The fourth-order valence-corrected chi connectivity index (χ4v) is 2.74. The van der Waals surface area contributed by atoms with E-state index in [4.69, 9.17) is 5.26 Å². The number of nitrogens with one attached hydrogen (secondary N) is 1. The molecule has 0 radical (unpaired) electrons. The van der Waals surface area contributed by atoms with Crippen LogP contribution < -0.4 is 5.32 Å². The van der Waals surface area contributed by atoms with Crippen LogP contribution >= 0.6 is 11.3 Å². The van der Waals surface area contributed by atoms with Crippen molar-refractivity contribution in [3.8, 4) is 17.3 Å². The monoisotopic (exact) mass is 346 g/mol. The molecule has 0 aliphatic rings. The minimum Gasteiger partial charge on any atom is -0.332 e. The van der Waals surface area contributed by atoms with Crippen LogP contribution in [-0.2, 0) is 6.18 Å². The van der Waals surface area contributed by atoms with Crippen molar-refractivity contribution in [3.63, 3.8) is 0 Å². The fraction of sp³-hybridized carbons (Fsp3) is 0.0625. The highest BCUT2D eigenvalue weighted by Gasteiger charge is 2.30. The molecule has 3 aromatic rings. The van der Waals surface area contributed by atoms with Gasteiger partial charge in [-0.05, 0) is 24.3 Å². The Morgan fingerprint density at radius 2 is 2.00 bits per heavy atom. The predicted molar refractivity (Wildman–Crippen MR) is 84.8 cm³/mol. The van der Waals surface area contributed by atoms with Gasteiger partial charge in [-0.25, -0.2) is 4.98 Å². The molecule has 0 spiro atoms. The Labute approximate surface area is 139 Å². The molecular formula is C16H9F3N4S. The van der Waals surface area contributed by atoms with Gasteiger partial charge in [0.05, 0.1) is 16.8 Å². The van der Waals surface area contributed by atoms with E-state index < -0.39 is 11.7 Å². The Hall–Kier alpha value is -2.92. The molecule has 2 heterocycles. The quantitative estimate of drug-likeness (QED) is 0.737. The normalized spacial score (nSPS) is 11.1. The molecule has 120 valence electrons. The number of nitriles is 1. The molecule has 1 aromatic carbocycles. The highest BCUT2D eigenvalue weighted by Crippen LogP contribution is 2.32. The van der Waals surface area contributed by atoms with Crippen molar-refractivity contribution in [2.24, 2.45) is 0 Å². The number of nitrogens with zero attached hydrogens (tertiary/aromatic N) is 3. The zero-order valence-corrected chi connectivity index (χ0v) is 12.8. The summed E-state index contributed by atoms with van der Waals surface area (Å²) in [5.41, 5.74) is 1.25. The summed E-state index contributed by atoms with van der Waals surface area (Å²) in [5.74, 6) is 0. The zero-order chi connectivity index (χ0) is 17.2. The van der Waals surface area contributed by atoms with Gasteiger partial charge in [-0.3, -0.25) is 4.98 Å². The van der Waals surface area contributed by atoms with Crippen molar-refractivity contribution in [2.75, 3.05) is 5.32 Å². The van der Waals surface area contributed by atoms with Gasteiger partial charge in [0.15, 0.2) is 5.13 Å². The average Bonchev–Trinajstić information content (AvgIpc) is 3.03. The number of hydrogen-bond acceptors (Lipinski definition) is 5. The van der Waals surface area contributed by atoms with E-state index in [-0.39, 0.29) is 0 Å². The van der Waals surface area contributed by atoms with Crippen LogP contribution in [0, 0.1) is 11.3 Å². The molecule has 0 saturated carbocycles. The lowest BCUT2D eigenvalue weighted by molar-refractivity contribution is -0.137. The molecule has 4 nitrogen and oxygen atoms in total. The van der Waals surface area contributed by atoms with Gasteiger partial charge in [0.25, 0.3) is 0 Å². The van der Waals surface area contributed by atoms with E-state index in [1.807, 2.05) is 6.07 Å². The van der Waals surface area contributed by atoms with Gasteiger partial charge in [0.2, 0.25) is 0 Å². The maximum Gasteiger partial charge on any atom is 0.416 e. The number of pyridine rings is 1. The summed E-state index contributed by atoms with van der Waals surface area (Å²) in [6, 6.07) is 8.55. The number of benzene rings is 1. The van der Waals surface area contributed by atoms with Crippen molar-refractivity contribution in [3.05, 3.63) is 59.2 Å². The van der Waals surface area contributed by atoms with E-state index in [0.29, 0.717) is 27.6 Å². The van der Waals surface area contributed by atoms with Crippen LogP contribution in [0.5, 0.6) is 0 Å². The molecule has 0 saturated heterocycles. The molecule has 8 heteroatoms. The van der Waals surface area contributed by atoms with Crippen molar-refractivity contribution in [2.45, 2.75) is 6.18 Å². The number of rotatable bonds is 3.